The number of rotatable bonds is 4. The molecular weight excluding hydrogens is 349 g/mol. The van der Waals surface area contributed by atoms with Crippen molar-refractivity contribution in [3.8, 4) is 0 Å². The van der Waals surface area contributed by atoms with Crippen LogP contribution in [0.1, 0.15) is 24.0 Å². The Hall–Kier alpha value is -2.35. The van der Waals surface area contributed by atoms with Crippen LogP contribution in [0.3, 0.4) is 0 Å². The highest BCUT2D eigenvalue weighted by Gasteiger charge is 2.43. The van der Waals surface area contributed by atoms with Gasteiger partial charge in [-0.1, -0.05) is 11.6 Å². The maximum Gasteiger partial charge on any atom is 0.471 e. The first-order valence-corrected chi connectivity index (χ1v) is 8.34. The molecule has 1 N–H and O–H groups in total. The van der Waals surface area contributed by atoms with Crippen LogP contribution in [0.2, 0.25) is 0 Å². The van der Waals surface area contributed by atoms with Gasteiger partial charge in [0.05, 0.1) is 12.6 Å². The van der Waals surface area contributed by atoms with E-state index in [-0.39, 0.29) is 12.1 Å². The number of nitrogens with zero attached hydrogens (tertiary/aromatic N) is 1. The van der Waals surface area contributed by atoms with Gasteiger partial charge in [0.25, 0.3) is 5.56 Å². The molecule has 26 heavy (non-hydrogen) atoms. The minimum atomic E-state index is -5.00. The maximum atomic E-state index is 13.0. The van der Waals surface area contributed by atoms with Crippen molar-refractivity contribution in [2.45, 2.75) is 38.6 Å². The molecule has 3 rings (SSSR count). The summed E-state index contributed by atoms with van der Waals surface area (Å²) in [4.78, 5) is 27.4. The van der Waals surface area contributed by atoms with Crippen molar-refractivity contribution in [2.24, 2.45) is 0 Å². The summed E-state index contributed by atoms with van der Waals surface area (Å²) >= 11 is 0. The van der Waals surface area contributed by atoms with Crippen molar-refractivity contribution in [1.82, 2.24) is 9.88 Å². The quantitative estimate of drug-likeness (QED) is 0.903. The van der Waals surface area contributed by atoms with E-state index in [0.717, 1.165) is 12.0 Å². The van der Waals surface area contributed by atoms with Gasteiger partial charge in [-0.15, -0.1) is 0 Å². The van der Waals surface area contributed by atoms with E-state index in [4.69, 9.17) is 4.74 Å². The lowest BCUT2D eigenvalue weighted by Gasteiger charge is -2.26. The van der Waals surface area contributed by atoms with Crippen molar-refractivity contribution in [3.05, 3.63) is 45.7 Å². The minimum Gasteiger partial charge on any atom is -0.376 e. The number of nitrogens with one attached hydrogen (secondary N) is 1. The van der Waals surface area contributed by atoms with Gasteiger partial charge in [0.2, 0.25) is 0 Å². The molecule has 1 aromatic carbocycles. The van der Waals surface area contributed by atoms with Gasteiger partial charge in [0.1, 0.15) is 0 Å². The molecule has 8 heteroatoms. The second-order valence-electron chi connectivity index (χ2n) is 6.53. The van der Waals surface area contributed by atoms with Gasteiger partial charge in [-0.2, -0.15) is 13.2 Å². The number of hydrogen-bond donors (Lipinski definition) is 1. The first kappa shape index (κ1) is 18.4. The summed E-state index contributed by atoms with van der Waals surface area (Å²) in [5.74, 6) is -1.96. The van der Waals surface area contributed by atoms with Crippen LogP contribution in [0.5, 0.6) is 0 Å². The average Bonchev–Trinajstić information content (AvgIpc) is 3.06. The minimum absolute atomic E-state index is 0.110. The number of ether oxygens (including phenoxy) is 1. The number of fused-ring (bicyclic) bond motifs is 1. The largest absolute Gasteiger partial charge is 0.471 e. The number of hydrogen-bond acceptors (Lipinski definition) is 3. The lowest BCUT2D eigenvalue weighted by molar-refractivity contribution is -0.187. The summed E-state index contributed by atoms with van der Waals surface area (Å²) in [7, 11) is 0. The van der Waals surface area contributed by atoms with Crippen molar-refractivity contribution < 1.29 is 22.7 Å². The maximum absolute atomic E-state index is 13.0. The fraction of sp³-hybridized carbons (Fsp3) is 0.444. The highest BCUT2D eigenvalue weighted by Crippen LogP contribution is 2.23. The zero-order valence-corrected chi connectivity index (χ0v) is 14.2. The van der Waals surface area contributed by atoms with E-state index < -0.39 is 30.3 Å². The lowest BCUT2D eigenvalue weighted by Crippen LogP contribution is -2.45. The third kappa shape index (κ3) is 4.07. The Morgan fingerprint density at radius 2 is 2.12 bits per heavy atom. The molecule has 1 fully saturated rings. The van der Waals surface area contributed by atoms with Crippen molar-refractivity contribution in [3.63, 3.8) is 0 Å². The van der Waals surface area contributed by atoms with E-state index in [0.29, 0.717) is 28.8 Å². The second kappa shape index (κ2) is 7.11. The van der Waals surface area contributed by atoms with Gasteiger partial charge in [-0.3, -0.25) is 9.59 Å². The molecule has 140 valence electrons. The summed E-state index contributed by atoms with van der Waals surface area (Å²) in [6, 6.07) is 6.92. The van der Waals surface area contributed by atoms with Crippen molar-refractivity contribution in [1.29, 1.82) is 0 Å². The smallest absolute Gasteiger partial charge is 0.376 e. The third-order valence-electron chi connectivity index (χ3n) is 4.42. The number of aryl methyl sites for hydroxylation is 1. The van der Waals surface area contributed by atoms with E-state index in [2.05, 4.69) is 4.98 Å². The molecule has 2 aromatic rings. The molecule has 5 nitrogen and oxygen atoms in total. The molecule has 1 atom stereocenters. The third-order valence-corrected chi connectivity index (χ3v) is 4.42. The van der Waals surface area contributed by atoms with Crippen LogP contribution >= 0.6 is 0 Å². The monoisotopic (exact) mass is 368 g/mol. The molecule has 1 aliphatic rings. The standard InChI is InChI=1S/C18H19F3N2O3/c1-11-4-5-15-12(7-11)8-13(16(24)22-15)9-23(17(25)18(19,20)21)10-14-3-2-6-26-14/h4-5,7-8,14H,2-3,6,9-10H2,1H3,(H,22,24)/t14-/m0/s1. The van der Waals surface area contributed by atoms with Crippen molar-refractivity contribution >= 4 is 16.8 Å². The topological polar surface area (TPSA) is 62.4 Å². The Morgan fingerprint density at radius 1 is 1.35 bits per heavy atom. The Balaban J connectivity index is 1.92. The van der Waals surface area contributed by atoms with Gasteiger partial charge in [-0.25, -0.2) is 0 Å². The molecule has 0 spiro atoms. The molecule has 0 bridgehead atoms. The summed E-state index contributed by atoms with van der Waals surface area (Å²) < 4.78 is 44.2. The number of amides is 1. The van der Waals surface area contributed by atoms with Gasteiger partial charge < -0.3 is 14.6 Å². The van der Waals surface area contributed by atoms with Crippen LogP contribution in [0.15, 0.2) is 29.1 Å². The Morgan fingerprint density at radius 3 is 2.77 bits per heavy atom. The molecule has 0 aliphatic carbocycles. The number of pyridine rings is 1. The highest BCUT2D eigenvalue weighted by molar-refractivity contribution is 5.82. The highest BCUT2D eigenvalue weighted by atomic mass is 19.4. The summed E-state index contributed by atoms with van der Waals surface area (Å²) in [6.07, 6.45) is -4.11. The molecule has 1 aliphatic heterocycles. The normalized spacial score (nSPS) is 17.6. The molecule has 0 saturated carbocycles. The molecule has 1 aromatic heterocycles. The molecule has 1 saturated heterocycles. The van der Waals surface area contributed by atoms with Gasteiger partial charge >= 0.3 is 12.1 Å². The summed E-state index contributed by atoms with van der Waals surface area (Å²) in [5, 5.41) is 0.705. The first-order chi connectivity index (χ1) is 12.2. The van der Waals surface area contributed by atoms with E-state index in [1.165, 1.54) is 6.07 Å². The van der Waals surface area contributed by atoms with E-state index in [1.54, 1.807) is 6.07 Å². The number of alkyl halides is 3. The second-order valence-corrected chi connectivity index (χ2v) is 6.53. The summed E-state index contributed by atoms with van der Waals surface area (Å²) in [6.45, 7) is 1.73. The number of benzene rings is 1. The lowest BCUT2D eigenvalue weighted by atomic mass is 10.1. The van der Waals surface area contributed by atoms with Crippen LogP contribution in [0.25, 0.3) is 10.9 Å². The van der Waals surface area contributed by atoms with Crippen LogP contribution < -0.4 is 5.56 Å². The molecule has 2 heterocycles. The predicted octanol–water partition coefficient (Wildman–Crippen LogP) is 2.91. The van der Waals surface area contributed by atoms with Crippen molar-refractivity contribution in [2.75, 3.05) is 13.2 Å². The van der Waals surface area contributed by atoms with Gasteiger partial charge in [-0.05, 0) is 43.4 Å². The number of halogens is 3. The number of H-pyrrole nitrogens is 1. The van der Waals surface area contributed by atoms with E-state index in [9.17, 15) is 22.8 Å². The van der Waals surface area contributed by atoms with E-state index in [1.807, 2.05) is 19.1 Å². The zero-order valence-electron chi connectivity index (χ0n) is 14.2. The molecule has 1 amide bonds. The van der Waals surface area contributed by atoms with E-state index >= 15 is 0 Å². The Labute approximate surface area is 147 Å². The van der Waals surface area contributed by atoms with Crippen LogP contribution in [0.4, 0.5) is 13.2 Å². The van der Waals surface area contributed by atoms with Gasteiger partial charge in [0.15, 0.2) is 0 Å². The fourth-order valence-electron chi connectivity index (χ4n) is 3.13. The molecule has 0 unspecified atom stereocenters. The average molecular weight is 368 g/mol. The predicted molar refractivity (Wildman–Crippen MR) is 89.8 cm³/mol. The van der Waals surface area contributed by atoms with Crippen LogP contribution in [0, 0.1) is 6.92 Å². The molecular formula is C18H19F3N2O3. The SMILES string of the molecule is Cc1ccc2[nH]c(=O)c(CN(C[C@@H]3CCCO3)C(=O)C(F)(F)F)cc2c1. The number of aromatic nitrogens is 1. The number of carbonyl (C=O) groups excluding carboxylic acids is 1. The number of aromatic amines is 1. The zero-order chi connectivity index (χ0) is 18.9. The Bertz CT molecular complexity index is 870. The van der Waals surface area contributed by atoms with Gasteiger partial charge in [0, 0.05) is 24.2 Å². The Kier molecular flexibility index (Phi) is 5.04. The first-order valence-electron chi connectivity index (χ1n) is 8.34. The summed E-state index contributed by atoms with van der Waals surface area (Å²) in [5.41, 5.74) is 1.16. The molecule has 0 radical (unpaired) electrons. The van der Waals surface area contributed by atoms with Crippen LogP contribution in [-0.4, -0.2) is 41.2 Å². The number of carbonyl (C=O) groups is 1. The fourth-order valence-corrected chi connectivity index (χ4v) is 3.13. The van der Waals surface area contributed by atoms with Crippen LogP contribution in [-0.2, 0) is 16.1 Å².